The van der Waals surface area contributed by atoms with Crippen LogP contribution in [0.1, 0.15) is 37.1 Å². The average Bonchev–Trinajstić information content (AvgIpc) is 3.33. The van der Waals surface area contributed by atoms with E-state index in [2.05, 4.69) is 62.5 Å². The molecule has 0 saturated heterocycles. The standard InChI is InChI=1S/C23H25N7/c1-12(2)30-15(5)27-23-20(30)8-16(9-25-23)19-11-26-22-18(19)7-17(10-24-22)21-13(3)28-29(6)14(21)4/h7-12H,1-6H3,(H,24,26). The molecule has 30 heavy (non-hydrogen) atoms. The lowest BCUT2D eigenvalue weighted by Gasteiger charge is -2.11. The molecule has 152 valence electrons. The number of nitrogens with one attached hydrogen (secondary N) is 1. The smallest absolute Gasteiger partial charge is 0.177 e. The number of pyridine rings is 2. The SMILES string of the molecule is Cc1nn(C)c(C)c1-c1cnc2[nH]cc(-c3cnc4nc(C)n(C(C)C)c4c3)c2c1. The van der Waals surface area contributed by atoms with Gasteiger partial charge in [0.1, 0.15) is 11.5 Å². The number of aromatic nitrogens is 7. The molecule has 0 unspecified atom stereocenters. The van der Waals surface area contributed by atoms with Crippen LogP contribution in [0.3, 0.4) is 0 Å². The average molecular weight is 400 g/mol. The molecule has 0 fully saturated rings. The summed E-state index contributed by atoms with van der Waals surface area (Å²) in [5, 5.41) is 5.63. The van der Waals surface area contributed by atoms with Crippen molar-refractivity contribution in [1.82, 2.24) is 34.3 Å². The van der Waals surface area contributed by atoms with Gasteiger partial charge in [0.15, 0.2) is 5.65 Å². The van der Waals surface area contributed by atoms with E-state index in [4.69, 9.17) is 0 Å². The van der Waals surface area contributed by atoms with Gasteiger partial charge in [-0.25, -0.2) is 15.0 Å². The second-order valence-corrected chi connectivity index (χ2v) is 8.18. The fourth-order valence-corrected chi connectivity index (χ4v) is 4.46. The van der Waals surface area contributed by atoms with Crippen molar-refractivity contribution < 1.29 is 0 Å². The molecule has 0 aliphatic carbocycles. The van der Waals surface area contributed by atoms with E-state index in [1.54, 1.807) is 0 Å². The number of imidazole rings is 1. The number of hydrogen-bond acceptors (Lipinski definition) is 4. The first-order chi connectivity index (χ1) is 14.3. The molecule has 5 aromatic heterocycles. The molecule has 0 saturated carbocycles. The molecule has 7 nitrogen and oxygen atoms in total. The largest absolute Gasteiger partial charge is 0.346 e. The number of aromatic amines is 1. The van der Waals surface area contributed by atoms with Crippen LogP contribution in [-0.4, -0.2) is 34.3 Å². The fraction of sp³-hybridized carbons (Fsp3) is 0.304. The van der Waals surface area contributed by atoms with Gasteiger partial charge in [-0.05, 0) is 46.8 Å². The van der Waals surface area contributed by atoms with E-state index in [-0.39, 0.29) is 0 Å². The van der Waals surface area contributed by atoms with Gasteiger partial charge in [0, 0.05) is 65.0 Å². The molecule has 0 aromatic carbocycles. The normalized spacial score (nSPS) is 12.0. The second-order valence-electron chi connectivity index (χ2n) is 8.18. The first-order valence-corrected chi connectivity index (χ1v) is 10.2. The van der Waals surface area contributed by atoms with Crippen LogP contribution in [0.25, 0.3) is 44.5 Å². The Balaban J connectivity index is 1.71. The van der Waals surface area contributed by atoms with E-state index in [0.717, 1.165) is 61.7 Å². The summed E-state index contributed by atoms with van der Waals surface area (Å²) in [6, 6.07) is 4.69. The molecule has 0 spiro atoms. The van der Waals surface area contributed by atoms with Crippen molar-refractivity contribution in [3.63, 3.8) is 0 Å². The zero-order valence-electron chi connectivity index (χ0n) is 18.1. The summed E-state index contributed by atoms with van der Waals surface area (Å²) >= 11 is 0. The first-order valence-electron chi connectivity index (χ1n) is 10.2. The van der Waals surface area contributed by atoms with Crippen LogP contribution in [0.5, 0.6) is 0 Å². The zero-order chi connectivity index (χ0) is 21.2. The molecule has 0 radical (unpaired) electrons. The third-order valence-electron chi connectivity index (χ3n) is 5.88. The number of fused-ring (bicyclic) bond motifs is 2. The van der Waals surface area contributed by atoms with Gasteiger partial charge in [0.25, 0.3) is 0 Å². The maximum atomic E-state index is 4.68. The highest BCUT2D eigenvalue weighted by Crippen LogP contribution is 2.34. The van der Waals surface area contributed by atoms with E-state index < -0.39 is 0 Å². The highest BCUT2D eigenvalue weighted by Gasteiger charge is 2.17. The molecule has 1 N–H and O–H groups in total. The summed E-state index contributed by atoms with van der Waals surface area (Å²) in [5.41, 5.74) is 9.18. The summed E-state index contributed by atoms with van der Waals surface area (Å²) in [6.07, 6.45) is 5.82. The van der Waals surface area contributed by atoms with Crippen molar-refractivity contribution >= 4 is 22.2 Å². The van der Waals surface area contributed by atoms with E-state index in [0.29, 0.717) is 6.04 Å². The molecule has 0 bridgehead atoms. The highest BCUT2D eigenvalue weighted by molar-refractivity contribution is 5.97. The Hall–Kier alpha value is -3.48. The monoisotopic (exact) mass is 399 g/mol. The van der Waals surface area contributed by atoms with Crippen LogP contribution < -0.4 is 0 Å². The predicted molar refractivity (Wildman–Crippen MR) is 119 cm³/mol. The summed E-state index contributed by atoms with van der Waals surface area (Å²) in [7, 11) is 1.97. The summed E-state index contributed by atoms with van der Waals surface area (Å²) in [4.78, 5) is 17.2. The minimum atomic E-state index is 0.319. The molecular formula is C23H25N7. The third-order valence-corrected chi connectivity index (χ3v) is 5.88. The predicted octanol–water partition coefficient (Wildman–Crippen LogP) is 4.88. The molecule has 0 amide bonds. The molecule has 5 rings (SSSR count). The molecule has 5 aromatic rings. The second kappa shape index (κ2) is 6.52. The number of H-pyrrole nitrogens is 1. The lowest BCUT2D eigenvalue weighted by molar-refractivity contribution is 0.600. The van der Waals surface area contributed by atoms with E-state index in [1.807, 2.05) is 44.2 Å². The summed E-state index contributed by atoms with van der Waals surface area (Å²) in [6.45, 7) is 10.5. The van der Waals surface area contributed by atoms with E-state index in [1.165, 1.54) is 0 Å². The maximum absolute atomic E-state index is 4.68. The quantitative estimate of drug-likeness (QED) is 0.469. The van der Waals surface area contributed by atoms with Crippen molar-refractivity contribution in [1.29, 1.82) is 0 Å². The minimum Gasteiger partial charge on any atom is -0.346 e. The minimum absolute atomic E-state index is 0.319. The Bertz CT molecular complexity index is 1410. The van der Waals surface area contributed by atoms with Crippen LogP contribution in [0.2, 0.25) is 0 Å². The molecule has 0 atom stereocenters. The van der Waals surface area contributed by atoms with Gasteiger partial charge >= 0.3 is 0 Å². The van der Waals surface area contributed by atoms with Crippen molar-refractivity contribution in [2.75, 3.05) is 0 Å². The van der Waals surface area contributed by atoms with Gasteiger partial charge in [0.2, 0.25) is 0 Å². The van der Waals surface area contributed by atoms with Crippen LogP contribution >= 0.6 is 0 Å². The molecule has 7 heteroatoms. The molecule has 0 aliphatic heterocycles. The zero-order valence-corrected chi connectivity index (χ0v) is 18.1. The van der Waals surface area contributed by atoms with Gasteiger partial charge in [-0.3, -0.25) is 4.68 Å². The lowest BCUT2D eigenvalue weighted by atomic mass is 10.0. The van der Waals surface area contributed by atoms with Crippen LogP contribution in [0, 0.1) is 20.8 Å². The van der Waals surface area contributed by atoms with Crippen LogP contribution in [-0.2, 0) is 7.05 Å². The van der Waals surface area contributed by atoms with Gasteiger partial charge in [0.05, 0.1) is 11.2 Å². The lowest BCUT2D eigenvalue weighted by Crippen LogP contribution is -2.02. The van der Waals surface area contributed by atoms with Gasteiger partial charge in [-0.1, -0.05) is 0 Å². The number of hydrogen-bond donors (Lipinski definition) is 1. The number of rotatable bonds is 3. The van der Waals surface area contributed by atoms with Crippen molar-refractivity contribution in [3.8, 4) is 22.3 Å². The van der Waals surface area contributed by atoms with Crippen molar-refractivity contribution in [3.05, 3.63) is 47.9 Å². The van der Waals surface area contributed by atoms with Gasteiger partial charge in [-0.15, -0.1) is 0 Å². The van der Waals surface area contributed by atoms with E-state index >= 15 is 0 Å². The Morgan fingerprint density at radius 3 is 2.47 bits per heavy atom. The van der Waals surface area contributed by atoms with Crippen LogP contribution in [0.4, 0.5) is 0 Å². The summed E-state index contributed by atoms with van der Waals surface area (Å²) in [5.74, 6) is 0.982. The van der Waals surface area contributed by atoms with Crippen LogP contribution in [0.15, 0.2) is 30.7 Å². The van der Waals surface area contributed by atoms with Crippen molar-refractivity contribution in [2.45, 2.75) is 40.7 Å². The number of aryl methyl sites for hydroxylation is 3. The van der Waals surface area contributed by atoms with E-state index in [9.17, 15) is 0 Å². The maximum Gasteiger partial charge on any atom is 0.177 e. The topological polar surface area (TPSA) is 77.2 Å². The Morgan fingerprint density at radius 2 is 1.77 bits per heavy atom. The Labute approximate surface area is 174 Å². The van der Waals surface area contributed by atoms with Gasteiger partial charge < -0.3 is 9.55 Å². The van der Waals surface area contributed by atoms with Crippen molar-refractivity contribution in [2.24, 2.45) is 7.05 Å². The Kier molecular flexibility index (Phi) is 4.03. The summed E-state index contributed by atoms with van der Waals surface area (Å²) < 4.78 is 4.15. The third kappa shape index (κ3) is 2.65. The Morgan fingerprint density at radius 1 is 1.00 bits per heavy atom. The van der Waals surface area contributed by atoms with Gasteiger partial charge in [-0.2, -0.15) is 5.10 Å². The molecule has 5 heterocycles. The first kappa shape index (κ1) is 18.5. The molecule has 0 aliphatic rings. The fourth-order valence-electron chi connectivity index (χ4n) is 4.46. The highest BCUT2D eigenvalue weighted by atomic mass is 15.3. The molecular weight excluding hydrogens is 374 g/mol. The number of nitrogens with zero attached hydrogens (tertiary/aromatic N) is 6.